The van der Waals surface area contributed by atoms with E-state index in [9.17, 15) is 8.78 Å². The van der Waals surface area contributed by atoms with E-state index in [0.29, 0.717) is 13.0 Å². The molecule has 0 bridgehead atoms. The molecule has 4 rings (SSSR count). The van der Waals surface area contributed by atoms with Gasteiger partial charge in [0.2, 0.25) is 0 Å². The van der Waals surface area contributed by atoms with Crippen LogP contribution in [0.25, 0.3) is 5.69 Å². The minimum absolute atomic E-state index is 0. The summed E-state index contributed by atoms with van der Waals surface area (Å²) in [5, 5.41) is 0. The fourth-order valence-corrected chi connectivity index (χ4v) is 3.67. The van der Waals surface area contributed by atoms with E-state index in [1.165, 1.54) is 6.07 Å². The highest BCUT2D eigenvalue weighted by Crippen LogP contribution is 2.34. The van der Waals surface area contributed by atoms with Gasteiger partial charge in [0.05, 0.1) is 12.2 Å². The lowest BCUT2D eigenvalue weighted by molar-refractivity contribution is -0.0613. The number of aromatic nitrogens is 2. The first-order valence-electron chi connectivity index (χ1n) is 9.90. The molecule has 1 aliphatic rings. The van der Waals surface area contributed by atoms with Gasteiger partial charge in [-0.1, -0.05) is 12.1 Å². The molecule has 2 unspecified atom stereocenters. The fourth-order valence-electron chi connectivity index (χ4n) is 3.67. The topological polar surface area (TPSA) is 45.5 Å². The number of aryl methyl sites for hydroxylation is 1. The van der Waals surface area contributed by atoms with Crippen molar-refractivity contribution < 1.29 is 23.0 Å². The molecule has 8 heteroatoms. The van der Waals surface area contributed by atoms with E-state index < -0.39 is 17.7 Å². The van der Waals surface area contributed by atoms with Crippen molar-refractivity contribution in [3.8, 4) is 11.4 Å². The molecule has 1 saturated heterocycles. The number of hydrogen-bond acceptors (Lipinski definition) is 4. The summed E-state index contributed by atoms with van der Waals surface area (Å²) in [6.45, 7) is 2.61. The number of benzene rings is 2. The summed E-state index contributed by atoms with van der Waals surface area (Å²) in [7, 11) is 1.61. The van der Waals surface area contributed by atoms with Crippen molar-refractivity contribution in [1.82, 2.24) is 9.55 Å². The van der Waals surface area contributed by atoms with Gasteiger partial charge in [0.25, 0.3) is 0 Å². The molecule has 0 N–H and O–H groups in total. The second kappa shape index (κ2) is 10.2. The number of rotatable bonds is 6. The first-order chi connectivity index (χ1) is 14.5. The average Bonchev–Trinajstić information content (AvgIpc) is 3.20. The van der Waals surface area contributed by atoms with Gasteiger partial charge in [0.15, 0.2) is 11.6 Å². The molecule has 1 aliphatic heterocycles. The molecule has 1 aromatic heterocycles. The maximum absolute atomic E-state index is 14.4. The molecule has 0 amide bonds. The van der Waals surface area contributed by atoms with Crippen molar-refractivity contribution in [3.63, 3.8) is 0 Å². The van der Waals surface area contributed by atoms with Crippen LogP contribution in [0, 0.1) is 18.6 Å². The van der Waals surface area contributed by atoms with Gasteiger partial charge in [0.1, 0.15) is 18.2 Å². The molecule has 31 heavy (non-hydrogen) atoms. The second-order valence-corrected chi connectivity index (χ2v) is 7.35. The highest BCUT2D eigenvalue weighted by Gasteiger charge is 2.28. The van der Waals surface area contributed by atoms with Gasteiger partial charge in [0, 0.05) is 49.8 Å². The summed E-state index contributed by atoms with van der Waals surface area (Å²) in [6.07, 6.45) is 4.27. The van der Waals surface area contributed by atoms with Crippen molar-refractivity contribution >= 4 is 12.4 Å². The maximum Gasteiger partial charge on any atom is 0.164 e. The second-order valence-electron chi connectivity index (χ2n) is 7.35. The minimum Gasteiger partial charge on any atom is -0.489 e. The lowest BCUT2D eigenvalue weighted by Crippen LogP contribution is -2.26. The lowest BCUT2D eigenvalue weighted by Gasteiger charge is -2.29. The van der Waals surface area contributed by atoms with Gasteiger partial charge in [-0.25, -0.2) is 13.8 Å². The zero-order valence-electron chi connectivity index (χ0n) is 17.4. The predicted octanol–water partition coefficient (Wildman–Crippen LogP) is 5.33. The third-order valence-corrected chi connectivity index (χ3v) is 5.39. The van der Waals surface area contributed by atoms with E-state index in [0.717, 1.165) is 29.6 Å². The van der Waals surface area contributed by atoms with Crippen LogP contribution in [0.3, 0.4) is 0 Å². The Labute approximate surface area is 186 Å². The van der Waals surface area contributed by atoms with Gasteiger partial charge in [-0.15, -0.1) is 12.4 Å². The van der Waals surface area contributed by atoms with Crippen molar-refractivity contribution in [2.75, 3.05) is 13.7 Å². The quantitative estimate of drug-likeness (QED) is 0.509. The monoisotopic (exact) mass is 450 g/mol. The van der Waals surface area contributed by atoms with Gasteiger partial charge in [-0.2, -0.15) is 0 Å². The van der Waals surface area contributed by atoms with E-state index >= 15 is 0 Å². The molecule has 0 radical (unpaired) electrons. The fraction of sp³-hybridized carbons (Fsp3) is 0.348. The summed E-state index contributed by atoms with van der Waals surface area (Å²) >= 11 is 0. The molecule has 2 heterocycles. The largest absolute Gasteiger partial charge is 0.489 e. The summed E-state index contributed by atoms with van der Waals surface area (Å²) in [6, 6.07) is 10.4. The van der Waals surface area contributed by atoms with Gasteiger partial charge >= 0.3 is 0 Å². The zero-order valence-corrected chi connectivity index (χ0v) is 18.2. The molecule has 0 spiro atoms. The van der Waals surface area contributed by atoms with Crippen LogP contribution in [0.5, 0.6) is 5.75 Å². The van der Waals surface area contributed by atoms with Crippen LogP contribution >= 0.6 is 12.4 Å². The van der Waals surface area contributed by atoms with Crippen molar-refractivity contribution in [3.05, 3.63) is 77.4 Å². The number of hydrogen-bond donors (Lipinski definition) is 0. The van der Waals surface area contributed by atoms with Gasteiger partial charge in [-0.3, -0.25) is 0 Å². The highest BCUT2D eigenvalue weighted by atomic mass is 35.5. The Balaban J connectivity index is 0.00000272. The van der Waals surface area contributed by atoms with E-state index in [1.807, 2.05) is 42.0 Å². The molecule has 2 aromatic carbocycles. The smallest absolute Gasteiger partial charge is 0.164 e. The van der Waals surface area contributed by atoms with Crippen molar-refractivity contribution in [2.24, 2.45) is 0 Å². The normalized spacial score (nSPS) is 18.5. The summed E-state index contributed by atoms with van der Waals surface area (Å²) in [5.41, 5.74) is 2.07. The third-order valence-electron chi connectivity index (χ3n) is 5.39. The van der Waals surface area contributed by atoms with Crippen LogP contribution in [0.15, 0.2) is 48.8 Å². The Morgan fingerprint density at radius 2 is 1.97 bits per heavy atom. The van der Waals surface area contributed by atoms with Crippen LogP contribution in [0.4, 0.5) is 8.78 Å². The SMILES string of the molecule is COC1CCOC(c2cc(OCc3ccc(-n4ccnc4C)cc3)cc(F)c2F)C1.Cl. The van der Waals surface area contributed by atoms with Crippen LogP contribution in [0.2, 0.25) is 0 Å². The number of imidazole rings is 1. The third kappa shape index (κ3) is 5.23. The van der Waals surface area contributed by atoms with Gasteiger partial charge in [-0.05, 0) is 37.1 Å². The lowest BCUT2D eigenvalue weighted by atomic mass is 9.98. The Morgan fingerprint density at radius 3 is 2.65 bits per heavy atom. The van der Waals surface area contributed by atoms with Crippen LogP contribution in [0.1, 0.15) is 35.9 Å². The van der Waals surface area contributed by atoms with Crippen molar-refractivity contribution in [1.29, 1.82) is 0 Å². The molecule has 0 aliphatic carbocycles. The molecule has 0 saturated carbocycles. The van der Waals surface area contributed by atoms with E-state index in [4.69, 9.17) is 14.2 Å². The molecule has 3 aromatic rings. The number of halogens is 3. The summed E-state index contributed by atoms with van der Waals surface area (Å²) in [5.74, 6) is -0.684. The van der Waals surface area contributed by atoms with Crippen LogP contribution in [-0.2, 0) is 16.1 Å². The Kier molecular flexibility index (Phi) is 7.64. The molecule has 1 fully saturated rings. The van der Waals surface area contributed by atoms with Crippen molar-refractivity contribution in [2.45, 2.75) is 38.6 Å². The molecular formula is C23H25ClF2N2O3. The Hall–Kier alpha value is -2.48. The van der Waals surface area contributed by atoms with E-state index in [1.54, 1.807) is 13.3 Å². The van der Waals surface area contributed by atoms with Gasteiger partial charge < -0.3 is 18.8 Å². The Morgan fingerprint density at radius 1 is 1.19 bits per heavy atom. The molecule has 5 nitrogen and oxygen atoms in total. The Bertz CT molecular complexity index is 1010. The zero-order chi connectivity index (χ0) is 21.1. The van der Waals surface area contributed by atoms with Crippen LogP contribution in [-0.4, -0.2) is 29.4 Å². The summed E-state index contributed by atoms with van der Waals surface area (Å²) < 4.78 is 47.4. The molecule has 166 valence electrons. The van der Waals surface area contributed by atoms with E-state index in [2.05, 4.69) is 4.98 Å². The number of ether oxygens (including phenoxy) is 3. The first-order valence-corrected chi connectivity index (χ1v) is 9.90. The molecular weight excluding hydrogens is 426 g/mol. The average molecular weight is 451 g/mol. The minimum atomic E-state index is -0.948. The predicted molar refractivity (Wildman–Crippen MR) is 115 cm³/mol. The first kappa shape index (κ1) is 23.2. The number of methoxy groups -OCH3 is 1. The maximum atomic E-state index is 14.4. The standard InChI is InChI=1S/C23H24F2N2O3.ClH/c1-15-26-8-9-27(15)17-5-3-16(4-6-17)14-30-19-11-20(23(25)21(24)12-19)22-13-18(28-2)7-10-29-22;/h3-6,8-9,11-12,18,22H,7,10,13-14H2,1-2H3;1H. The number of nitrogens with zero attached hydrogens (tertiary/aromatic N) is 2. The summed E-state index contributed by atoms with van der Waals surface area (Å²) in [4.78, 5) is 4.22. The molecule has 2 atom stereocenters. The highest BCUT2D eigenvalue weighted by molar-refractivity contribution is 5.85. The van der Waals surface area contributed by atoms with E-state index in [-0.39, 0.29) is 36.4 Å². The van der Waals surface area contributed by atoms with Crippen LogP contribution < -0.4 is 4.74 Å².